The Labute approximate surface area is 120 Å². The van der Waals surface area contributed by atoms with Crippen molar-refractivity contribution >= 4 is 5.91 Å². The lowest BCUT2D eigenvalue weighted by molar-refractivity contribution is -0.118. The predicted molar refractivity (Wildman–Crippen MR) is 78.9 cm³/mol. The topological polar surface area (TPSA) is 73.6 Å². The zero-order valence-electron chi connectivity index (χ0n) is 12.3. The van der Waals surface area contributed by atoms with E-state index in [2.05, 4.69) is 5.32 Å². The largest absolute Gasteiger partial charge is 0.493 e. The molecule has 0 aliphatic carbocycles. The summed E-state index contributed by atoms with van der Waals surface area (Å²) in [4.78, 5) is 10.6. The number of carbonyl (C=O) groups excluding carboxylic acids is 1. The summed E-state index contributed by atoms with van der Waals surface area (Å²) < 4.78 is 10.8. The van der Waals surface area contributed by atoms with Crippen LogP contribution < -0.4 is 20.5 Å². The van der Waals surface area contributed by atoms with Gasteiger partial charge in [-0.1, -0.05) is 6.07 Å². The number of primary amides is 1. The number of nitrogens with one attached hydrogen (secondary N) is 1. The molecule has 1 rings (SSSR count). The Hall–Kier alpha value is -1.75. The van der Waals surface area contributed by atoms with Crippen molar-refractivity contribution in [2.45, 2.75) is 32.7 Å². The first-order chi connectivity index (χ1) is 9.67. The minimum absolute atomic E-state index is 0.235. The van der Waals surface area contributed by atoms with E-state index in [1.807, 2.05) is 25.1 Å². The van der Waals surface area contributed by atoms with Gasteiger partial charge in [0.05, 0.1) is 13.7 Å². The molecular formula is C15H24N2O3. The van der Waals surface area contributed by atoms with Crippen LogP contribution in [0.2, 0.25) is 0 Å². The molecule has 0 heterocycles. The Kier molecular flexibility index (Phi) is 7.50. The monoisotopic (exact) mass is 280 g/mol. The summed E-state index contributed by atoms with van der Waals surface area (Å²) in [6, 6.07) is 5.91. The second kappa shape index (κ2) is 9.20. The van der Waals surface area contributed by atoms with Gasteiger partial charge in [-0.15, -0.1) is 0 Å². The summed E-state index contributed by atoms with van der Waals surface area (Å²) in [7, 11) is 1.64. The number of hydrogen-bond donors (Lipinski definition) is 2. The molecule has 0 saturated heterocycles. The number of carbonyl (C=O) groups is 1. The molecule has 0 atom stereocenters. The fraction of sp³-hybridized carbons (Fsp3) is 0.533. The standard InChI is InChI=1S/C15H24N2O3/c1-3-20-13-8-7-12(10-14(13)19-2)11-17-9-5-4-6-15(16)18/h7-8,10,17H,3-6,9,11H2,1-2H3,(H2,16,18). The third-order valence-electron chi connectivity index (χ3n) is 2.88. The zero-order chi connectivity index (χ0) is 14.8. The second-order valence-electron chi connectivity index (χ2n) is 4.52. The SMILES string of the molecule is CCOc1ccc(CNCCCCC(N)=O)cc1OC. The van der Waals surface area contributed by atoms with Crippen LogP contribution in [-0.4, -0.2) is 26.2 Å². The van der Waals surface area contributed by atoms with Crippen LogP contribution in [0.4, 0.5) is 0 Å². The number of ether oxygens (including phenoxy) is 2. The van der Waals surface area contributed by atoms with Crippen molar-refractivity contribution in [3.8, 4) is 11.5 Å². The van der Waals surface area contributed by atoms with Crippen molar-refractivity contribution in [1.82, 2.24) is 5.32 Å². The molecule has 3 N–H and O–H groups in total. The van der Waals surface area contributed by atoms with Crippen LogP contribution in [0.5, 0.6) is 11.5 Å². The summed E-state index contributed by atoms with van der Waals surface area (Å²) >= 11 is 0. The normalized spacial score (nSPS) is 10.3. The molecule has 0 fully saturated rings. The summed E-state index contributed by atoms with van der Waals surface area (Å²) in [5, 5.41) is 3.33. The van der Waals surface area contributed by atoms with E-state index in [9.17, 15) is 4.79 Å². The highest BCUT2D eigenvalue weighted by Gasteiger charge is 2.04. The predicted octanol–water partition coefficient (Wildman–Crippen LogP) is 1.84. The van der Waals surface area contributed by atoms with Crippen molar-refractivity contribution in [1.29, 1.82) is 0 Å². The Bertz CT molecular complexity index is 422. The van der Waals surface area contributed by atoms with Gasteiger partial charge in [0.25, 0.3) is 0 Å². The van der Waals surface area contributed by atoms with Gasteiger partial charge in [0.15, 0.2) is 11.5 Å². The Morgan fingerprint density at radius 2 is 2.10 bits per heavy atom. The summed E-state index contributed by atoms with van der Waals surface area (Å²) in [5.74, 6) is 1.28. The summed E-state index contributed by atoms with van der Waals surface area (Å²) in [5.41, 5.74) is 6.22. The average molecular weight is 280 g/mol. The zero-order valence-corrected chi connectivity index (χ0v) is 12.3. The van der Waals surface area contributed by atoms with Gasteiger partial charge in [-0.25, -0.2) is 0 Å². The van der Waals surface area contributed by atoms with Crippen molar-refractivity contribution < 1.29 is 14.3 Å². The maximum absolute atomic E-state index is 10.6. The number of methoxy groups -OCH3 is 1. The first kappa shape index (κ1) is 16.3. The summed E-state index contributed by atoms with van der Waals surface area (Å²) in [6.07, 6.45) is 2.23. The van der Waals surface area contributed by atoms with E-state index in [1.165, 1.54) is 0 Å². The molecule has 1 aromatic carbocycles. The fourth-order valence-electron chi connectivity index (χ4n) is 1.88. The Morgan fingerprint density at radius 3 is 2.75 bits per heavy atom. The van der Waals surface area contributed by atoms with E-state index in [1.54, 1.807) is 7.11 Å². The highest BCUT2D eigenvalue weighted by molar-refractivity contribution is 5.73. The molecule has 0 bridgehead atoms. The molecular weight excluding hydrogens is 256 g/mol. The first-order valence-electron chi connectivity index (χ1n) is 6.96. The van der Waals surface area contributed by atoms with Gasteiger partial charge in [-0.05, 0) is 44.0 Å². The quantitative estimate of drug-likeness (QED) is 0.641. The average Bonchev–Trinajstić information content (AvgIpc) is 2.44. The maximum Gasteiger partial charge on any atom is 0.217 e. The molecule has 0 aromatic heterocycles. The number of unbranched alkanes of at least 4 members (excludes halogenated alkanes) is 1. The van der Waals surface area contributed by atoms with Gasteiger partial charge in [0.1, 0.15) is 0 Å². The molecule has 0 aliphatic rings. The van der Waals surface area contributed by atoms with Gasteiger partial charge in [-0.3, -0.25) is 4.79 Å². The molecule has 0 spiro atoms. The number of nitrogens with two attached hydrogens (primary N) is 1. The molecule has 0 aliphatic heterocycles. The van der Waals surface area contributed by atoms with Crippen LogP contribution in [0.25, 0.3) is 0 Å². The van der Waals surface area contributed by atoms with Crippen molar-refractivity contribution in [2.24, 2.45) is 5.73 Å². The maximum atomic E-state index is 10.6. The van der Waals surface area contributed by atoms with Crippen molar-refractivity contribution in [3.05, 3.63) is 23.8 Å². The molecule has 0 saturated carbocycles. The van der Waals surface area contributed by atoms with E-state index >= 15 is 0 Å². The molecule has 5 nitrogen and oxygen atoms in total. The van der Waals surface area contributed by atoms with E-state index in [-0.39, 0.29) is 5.91 Å². The Balaban J connectivity index is 2.35. The van der Waals surface area contributed by atoms with Crippen LogP contribution >= 0.6 is 0 Å². The highest BCUT2D eigenvalue weighted by atomic mass is 16.5. The van der Waals surface area contributed by atoms with Gasteiger partial charge >= 0.3 is 0 Å². The third kappa shape index (κ3) is 5.93. The number of amides is 1. The molecule has 1 aromatic rings. The Morgan fingerprint density at radius 1 is 1.30 bits per heavy atom. The van der Waals surface area contributed by atoms with Gasteiger partial charge in [-0.2, -0.15) is 0 Å². The minimum atomic E-state index is -0.235. The fourth-order valence-corrected chi connectivity index (χ4v) is 1.88. The van der Waals surface area contributed by atoms with Crippen LogP contribution in [0.1, 0.15) is 31.7 Å². The molecule has 1 amide bonds. The first-order valence-corrected chi connectivity index (χ1v) is 6.96. The molecule has 112 valence electrons. The van der Waals surface area contributed by atoms with E-state index in [0.717, 1.165) is 43.0 Å². The van der Waals surface area contributed by atoms with E-state index < -0.39 is 0 Å². The molecule has 5 heteroatoms. The van der Waals surface area contributed by atoms with Crippen LogP contribution in [0.3, 0.4) is 0 Å². The number of benzene rings is 1. The lowest BCUT2D eigenvalue weighted by atomic mass is 10.2. The molecule has 0 unspecified atom stereocenters. The molecule has 0 radical (unpaired) electrons. The number of hydrogen-bond acceptors (Lipinski definition) is 4. The van der Waals surface area contributed by atoms with Crippen LogP contribution in [0, 0.1) is 0 Å². The highest BCUT2D eigenvalue weighted by Crippen LogP contribution is 2.27. The lowest BCUT2D eigenvalue weighted by Crippen LogP contribution is -2.16. The minimum Gasteiger partial charge on any atom is -0.493 e. The van der Waals surface area contributed by atoms with Crippen molar-refractivity contribution in [3.63, 3.8) is 0 Å². The second-order valence-corrected chi connectivity index (χ2v) is 4.52. The van der Waals surface area contributed by atoms with Gasteiger partial charge < -0.3 is 20.5 Å². The van der Waals surface area contributed by atoms with E-state index in [0.29, 0.717) is 13.0 Å². The lowest BCUT2D eigenvalue weighted by Gasteiger charge is -2.11. The van der Waals surface area contributed by atoms with Crippen LogP contribution in [0.15, 0.2) is 18.2 Å². The summed E-state index contributed by atoms with van der Waals surface area (Å²) in [6.45, 7) is 4.19. The smallest absolute Gasteiger partial charge is 0.217 e. The molecule has 20 heavy (non-hydrogen) atoms. The van der Waals surface area contributed by atoms with Crippen LogP contribution in [-0.2, 0) is 11.3 Å². The van der Waals surface area contributed by atoms with Crippen molar-refractivity contribution in [2.75, 3.05) is 20.3 Å². The third-order valence-corrected chi connectivity index (χ3v) is 2.88. The van der Waals surface area contributed by atoms with Gasteiger partial charge in [0.2, 0.25) is 5.91 Å². The van der Waals surface area contributed by atoms with Gasteiger partial charge in [0, 0.05) is 13.0 Å². The van der Waals surface area contributed by atoms with E-state index in [4.69, 9.17) is 15.2 Å². The number of rotatable bonds is 10.